The van der Waals surface area contributed by atoms with E-state index in [0.717, 1.165) is 39.3 Å². The number of thiocarbonyl (C=S) groups is 1. The number of nitrogens with zero attached hydrogens (tertiary/aromatic N) is 1. The number of hydrogen-bond acceptors (Lipinski definition) is 4. The van der Waals surface area contributed by atoms with Crippen molar-refractivity contribution in [1.29, 1.82) is 0 Å². The van der Waals surface area contributed by atoms with Gasteiger partial charge in [0.2, 0.25) is 0 Å². The van der Waals surface area contributed by atoms with Gasteiger partial charge in [0.15, 0.2) is 14.9 Å². The van der Waals surface area contributed by atoms with Crippen LogP contribution in [0.15, 0.2) is 24.3 Å². The van der Waals surface area contributed by atoms with Gasteiger partial charge in [-0.1, -0.05) is 12.1 Å². The molecule has 1 aromatic carbocycles. The number of nitrogens with one attached hydrogen (secondary N) is 2. The van der Waals surface area contributed by atoms with Crippen LogP contribution in [0.3, 0.4) is 0 Å². The number of sulfone groups is 1. The number of halogens is 1. The summed E-state index contributed by atoms with van der Waals surface area (Å²) in [5, 5.41) is 3.35. The zero-order valence-corrected chi connectivity index (χ0v) is 17.0. The first-order valence-electron chi connectivity index (χ1n) is 9.38. The molecule has 1 atom stereocenters. The summed E-state index contributed by atoms with van der Waals surface area (Å²) in [7, 11) is -3.03. The third kappa shape index (κ3) is 5.84. The fourth-order valence-corrected chi connectivity index (χ4v) is 5.71. The highest BCUT2D eigenvalue weighted by Crippen LogP contribution is 2.20. The van der Waals surface area contributed by atoms with Gasteiger partial charge in [-0.3, -0.25) is 0 Å². The molecule has 0 aliphatic carbocycles. The van der Waals surface area contributed by atoms with E-state index in [1.54, 1.807) is 18.2 Å². The lowest BCUT2D eigenvalue weighted by molar-refractivity contribution is -0.908. The summed E-state index contributed by atoms with van der Waals surface area (Å²) in [5.41, 5.74) is 0.312. The van der Waals surface area contributed by atoms with Crippen LogP contribution in [0, 0.1) is 5.82 Å². The van der Waals surface area contributed by atoms with E-state index < -0.39 is 9.84 Å². The molecule has 0 amide bonds. The zero-order valence-electron chi connectivity index (χ0n) is 15.3. The minimum atomic E-state index is -3.03. The van der Waals surface area contributed by atoms with Crippen molar-refractivity contribution >= 4 is 32.9 Å². The van der Waals surface area contributed by atoms with Crippen LogP contribution in [-0.2, 0) is 14.6 Å². The Bertz CT molecular complexity index is 754. The smallest absolute Gasteiger partial charge is 0.173 e. The lowest BCUT2D eigenvalue weighted by Gasteiger charge is -2.32. The summed E-state index contributed by atoms with van der Waals surface area (Å²) >= 11 is 5.53. The van der Waals surface area contributed by atoms with Gasteiger partial charge < -0.3 is 19.9 Å². The molecule has 2 aliphatic heterocycles. The van der Waals surface area contributed by atoms with Gasteiger partial charge in [0, 0.05) is 19.0 Å². The number of para-hydroxylation sites is 1. The van der Waals surface area contributed by atoms with Crippen LogP contribution in [0.25, 0.3) is 0 Å². The van der Waals surface area contributed by atoms with Crippen molar-refractivity contribution in [2.45, 2.75) is 18.9 Å². The Labute approximate surface area is 165 Å². The molecule has 0 radical (unpaired) electrons. The van der Waals surface area contributed by atoms with E-state index in [1.807, 2.05) is 4.90 Å². The molecule has 9 heteroatoms. The van der Waals surface area contributed by atoms with Crippen LogP contribution in [0.1, 0.15) is 12.8 Å². The minimum Gasteiger partial charge on any atom is -0.370 e. The topological polar surface area (TPSA) is 63.1 Å². The molecule has 27 heavy (non-hydrogen) atoms. The molecule has 6 nitrogen and oxygen atoms in total. The minimum absolute atomic E-state index is 0.108. The van der Waals surface area contributed by atoms with Gasteiger partial charge in [0.1, 0.15) is 18.9 Å². The molecule has 2 aliphatic rings. The first kappa shape index (κ1) is 20.4. The number of anilines is 1. The van der Waals surface area contributed by atoms with Crippen molar-refractivity contribution in [3.63, 3.8) is 0 Å². The molecule has 0 unspecified atom stereocenters. The van der Waals surface area contributed by atoms with Gasteiger partial charge in [0.25, 0.3) is 0 Å². The molecular formula is C18H27FN3O3S2+. The van der Waals surface area contributed by atoms with Crippen molar-refractivity contribution in [1.82, 2.24) is 4.90 Å². The Balaban J connectivity index is 1.63. The van der Waals surface area contributed by atoms with E-state index in [1.165, 1.54) is 11.0 Å². The monoisotopic (exact) mass is 416 g/mol. The van der Waals surface area contributed by atoms with E-state index in [9.17, 15) is 12.8 Å². The van der Waals surface area contributed by atoms with Gasteiger partial charge in [-0.25, -0.2) is 12.8 Å². The first-order chi connectivity index (χ1) is 12.9. The van der Waals surface area contributed by atoms with E-state index in [-0.39, 0.29) is 23.4 Å². The van der Waals surface area contributed by atoms with Gasteiger partial charge in [-0.15, -0.1) is 0 Å². The molecule has 1 aromatic rings. The highest BCUT2D eigenvalue weighted by Gasteiger charge is 2.33. The van der Waals surface area contributed by atoms with Crippen LogP contribution in [-0.4, -0.2) is 75.4 Å². The quantitative estimate of drug-likeness (QED) is 0.652. The molecule has 2 fully saturated rings. The SMILES string of the molecule is O=S1(=O)CC[C@@H](N(CCC[NH+]2CCOCC2)C(=S)Nc2ccccc2F)C1. The van der Waals surface area contributed by atoms with Crippen LogP contribution in [0.5, 0.6) is 0 Å². The average Bonchev–Trinajstić information content (AvgIpc) is 3.01. The third-order valence-corrected chi connectivity index (χ3v) is 7.24. The van der Waals surface area contributed by atoms with E-state index in [2.05, 4.69) is 5.32 Å². The van der Waals surface area contributed by atoms with Crippen molar-refractivity contribution in [2.75, 3.05) is 56.2 Å². The Hall–Kier alpha value is -1.29. The van der Waals surface area contributed by atoms with Crippen LogP contribution >= 0.6 is 12.2 Å². The summed E-state index contributed by atoms with van der Waals surface area (Å²) in [6.07, 6.45) is 1.46. The summed E-state index contributed by atoms with van der Waals surface area (Å²) in [6, 6.07) is 6.21. The standard InChI is InChI=1S/C18H26FN3O3S2/c19-16-4-1-2-5-17(16)20-18(26)22(15-6-13-27(23,24)14-15)8-3-7-21-9-11-25-12-10-21/h1-2,4-5,15H,3,6-14H2,(H,20,26)/p+1/t15-/m1/s1. The van der Waals surface area contributed by atoms with Crippen molar-refractivity contribution in [2.24, 2.45) is 0 Å². The van der Waals surface area contributed by atoms with Crippen LogP contribution in [0.4, 0.5) is 10.1 Å². The summed E-state index contributed by atoms with van der Waals surface area (Å²) in [4.78, 5) is 3.43. The van der Waals surface area contributed by atoms with Crippen molar-refractivity contribution in [3.05, 3.63) is 30.1 Å². The number of rotatable bonds is 6. The zero-order chi connectivity index (χ0) is 19.3. The van der Waals surface area contributed by atoms with Gasteiger partial charge in [-0.2, -0.15) is 0 Å². The van der Waals surface area contributed by atoms with E-state index >= 15 is 0 Å². The summed E-state index contributed by atoms with van der Waals surface area (Å²) in [6.45, 7) is 5.21. The molecule has 0 spiro atoms. The second-order valence-corrected chi connectivity index (χ2v) is 9.74. The molecule has 3 rings (SSSR count). The summed E-state index contributed by atoms with van der Waals surface area (Å²) < 4.78 is 43.2. The molecule has 2 saturated heterocycles. The number of ether oxygens (including phenoxy) is 1. The van der Waals surface area contributed by atoms with Gasteiger partial charge >= 0.3 is 0 Å². The number of quaternary nitrogens is 1. The molecule has 2 N–H and O–H groups in total. The predicted molar refractivity (Wildman–Crippen MR) is 107 cm³/mol. The molecule has 0 bridgehead atoms. The fraction of sp³-hybridized carbons (Fsp3) is 0.611. The molecule has 0 saturated carbocycles. The molecule has 150 valence electrons. The largest absolute Gasteiger partial charge is 0.370 e. The third-order valence-electron chi connectivity index (χ3n) is 5.15. The molecular weight excluding hydrogens is 389 g/mol. The van der Waals surface area contributed by atoms with Crippen molar-refractivity contribution < 1.29 is 22.4 Å². The Morgan fingerprint density at radius 2 is 2.07 bits per heavy atom. The maximum atomic E-state index is 14.0. The second kappa shape index (κ2) is 9.27. The second-order valence-electron chi connectivity index (χ2n) is 7.13. The van der Waals surface area contributed by atoms with Crippen LogP contribution in [0.2, 0.25) is 0 Å². The Morgan fingerprint density at radius 3 is 2.74 bits per heavy atom. The maximum absolute atomic E-state index is 14.0. The average molecular weight is 417 g/mol. The predicted octanol–water partition coefficient (Wildman–Crippen LogP) is 0.317. The van der Waals surface area contributed by atoms with Gasteiger partial charge in [-0.05, 0) is 30.8 Å². The highest BCUT2D eigenvalue weighted by atomic mass is 32.2. The normalized spacial score (nSPS) is 22.5. The molecule has 2 heterocycles. The number of benzene rings is 1. The van der Waals surface area contributed by atoms with Crippen LogP contribution < -0.4 is 10.2 Å². The number of morpholine rings is 1. The first-order valence-corrected chi connectivity index (χ1v) is 11.6. The number of hydrogen-bond donors (Lipinski definition) is 2. The summed E-state index contributed by atoms with van der Waals surface area (Å²) in [5.74, 6) is -0.0848. The fourth-order valence-electron chi connectivity index (χ4n) is 3.63. The lowest BCUT2D eigenvalue weighted by Crippen LogP contribution is -3.14. The van der Waals surface area contributed by atoms with Crippen molar-refractivity contribution in [3.8, 4) is 0 Å². The Kier molecular flexibility index (Phi) is 7.02. The van der Waals surface area contributed by atoms with Gasteiger partial charge in [0.05, 0.1) is 37.0 Å². The van der Waals surface area contributed by atoms with E-state index in [0.29, 0.717) is 23.8 Å². The Morgan fingerprint density at radius 1 is 1.33 bits per heavy atom. The highest BCUT2D eigenvalue weighted by molar-refractivity contribution is 7.91. The van der Waals surface area contributed by atoms with E-state index in [4.69, 9.17) is 17.0 Å². The molecule has 0 aromatic heterocycles. The lowest BCUT2D eigenvalue weighted by atomic mass is 10.2. The maximum Gasteiger partial charge on any atom is 0.173 e.